The first-order chi connectivity index (χ1) is 13.4. The van der Waals surface area contributed by atoms with Crippen molar-refractivity contribution in [1.29, 1.82) is 0 Å². The summed E-state index contributed by atoms with van der Waals surface area (Å²) < 4.78 is 5.77. The van der Waals surface area contributed by atoms with Gasteiger partial charge in [-0.3, -0.25) is 9.59 Å². The summed E-state index contributed by atoms with van der Waals surface area (Å²) in [5, 5.41) is 3.41. The Morgan fingerprint density at radius 2 is 1.57 bits per heavy atom. The van der Waals surface area contributed by atoms with Gasteiger partial charge >= 0.3 is 0 Å². The molecule has 0 radical (unpaired) electrons. The first-order valence-electron chi connectivity index (χ1n) is 8.87. The van der Waals surface area contributed by atoms with Crippen LogP contribution in [-0.4, -0.2) is 17.8 Å². The summed E-state index contributed by atoms with van der Waals surface area (Å²) in [4.78, 5) is 24.9. The van der Waals surface area contributed by atoms with Gasteiger partial charge in [-0.2, -0.15) is 0 Å². The maximum atomic E-state index is 12.5. The number of anilines is 1. The minimum absolute atomic E-state index is 0.147. The molecule has 0 saturated carbocycles. The van der Waals surface area contributed by atoms with E-state index < -0.39 is 6.10 Å². The fourth-order valence-corrected chi connectivity index (χ4v) is 2.79. The summed E-state index contributed by atoms with van der Waals surface area (Å²) in [6, 6.07) is 21.0. The number of hydrogen-bond donors (Lipinski definition) is 1. The van der Waals surface area contributed by atoms with Gasteiger partial charge in [0.15, 0.2) is 6.10 Å². The van der Waals surface area contributed by atoms with E-state index in [0.717, 1.165) is 5.56 Å². The molecule has 1 unspecified atom stereocenters. The van der Waals surface area contributed by atoms with Gasteiger partial charge in [0, 0.05) is 27.9 Å². The molecule has 0 fully saturated rings. The zero-order valence-electron chi connectivity index (χ0n) is 15.6. The molecule has 0 aliphatic carbocycles. The van der Waals surface area contributed by atoms with Crippen LogP contribution in [0, 0.1) is 6.92 Å². The third-order valence-corrected chi connectivity index (χ3v) is 4.47. The molecule has 0 bridgehead atoms. The number of halogens is 1. The number of ether oxygens (including phenoxy) is 1. The molecule has 1 atom stereocenters. The fourth-order valence-electron chi connectivity index (χ4n) is 2.66. The molecule has 1 amide bonds. The van der Waals surface area contributed by atoms with Crippen molar-refractivity contribution in [1.82, 2.24) is 0 Å². The van der Waals surface area contributed by atoms with Crippen LogP contribution in [0.3, 0.4) is 0 Å². The van der Waals surface area contributed by atoms with Gasteiger partial charge in [0.05, 0.1) is 0 Å². The predicted octanol–water partition coefficient (Wildman–Crippen LogP) is 5.55. The van der Waals surface area contributed by atoms with E-state index >= 15 is 0 Å². The van der Waals surface area contributed by atoms with Crippen LogP contribution in [0.25, 0.3) is 0 Å². The zero-order valence-corrected chi connectivity index (χ0v) is 16.4. The van der Waals surface area contributed by atoms with E-state index in [2.05, 4.69) is 5.32 Å². The molecule has 1 N–H and O–H groups in total. The summed E-state index contributed by atoms with van der Waals surface area (Å²) in [6.07, 6.45) is -0.677. The molecule has 0 heterocycles. The number of amides is 1. The maximum Gasteiger partial charge on any atom is 0.255 e. The second-order valence-corrected chi connectivity index (χ2v) is 6.92. The van der Waals surface area contributed by atoms with E-state index in [0.29, 0.717) is 27.6 Å². The molecule has 3 aromatic carbocycles. The van der Waals surface area contributed by atoms with E-state index in [4.69, 9.17) is 16.3 Å². The number of ketones is 1. The molecule has 142 valence electrons. The number of aryl methyl sites for hydroxylation is 1. The van der Waals surface area contributed by atoms with Gasteiger partial charge in [0.1, 0.15) is 5.75 Å². The smallest absolute Gasteiger partial charge is 0.255 e. The van der Waals surface area contributed by atoms with E-state index in [1.54, 1.807) is 67.6 Å². The van der Waals surface area contributed by atoms with Crippen molar-refractivity contribution in [3.63, 3.8) is 0 Å². The Morgan fingerprint density at radius 1 is 0.929 bits per heavy atom. The largest absolute Gasteiger partial charge is 0.482 e. The lowest BCUT2D eigenvalue weighted by Crippen LogP contribution is -2.24. The van der Waals surface area contributed by atoms with Crippen LogP contribution in [0.4, 0.5) is 5.69 Å². The number of rotatable bonds is 6. The SMILES string of the molecule is Cc1ccc(C(=O)Nc2cccc(OC(C)C(=O)c3ccc(Cl)cc3)c2)cc1. The monoisotopic (exact) mass is 393 g/mol. The number of carbonyl (C=O) groups excluding carboxylic acids is 2. The van der Waals surface area contributed by atoms with Crippen LogP contribution >= 0.6 is 11.6 Å². The van der Waals surface area contributed by atoms with Gasteiger partial charge in [-0.25, -0.2) is 0 Å². The average Bonchev–Trinajstić information content (AvgIpc) is 2.68. The molecule has 3 rings (SSSR count). The minimum Gasteiger partial charge on any atom is -0.482 e. The summed E-state index contributed by atoms with van der Waals surface area (Å²) in [7, 11) is 0. The van der Waals surface area contributed by atoms with Crippen molar-refractivity contribution in [2.45, 2.75) is 20.0 Å². The van der Waals surface area contributed by atoms with Gasteiger partial charge in [0.25, 0.3) is 5.91 Å². The molecule has 0 aliphatic rings. The molecule has 3 aromatic rings. The average molecular weight is 394 g/mol. The van der Waals surface area contributed by atoms with E-state index in [1.165, 1.54) is 0 Å². The van der Waals surface area contributed by atoms with Crippen molar-refractivity contribution in [3.05, 3.63) is 94.5 Å². The highest BCUT2D eigenvalue weighted by atomic mass is 35.5. The minimum atomic E-state index is -0.677. The number of carbonyl (C=O) groups is 2. The molecule has 4 nitrogen and oxygen atoms in total. The fraction of sp³-hybridized carbons (Fsp3) is 0.130. The quantitative estimate of drug-likeness (QED) is 0.558. The summed E-state index contributed by atoms with van der Waals surface area (Å²) in [5.74, 6) is 0.143. The standard InChI is InChI=1S/C23H20ClNO3/c1-15-6-8-18(9-7-15)23(27)25-20-4-3-5-21(14-20)28-16(2)22(26)17-10-12-19(24)13-11-17/h3-14,16H,1-2H3,(H,25,27). The van der Waals surface area contributed by atoms with Crippen molar-refractivity contribution >= 4 is 29.0 Å². The summed E-state index contributed by atoms with van der Waals surface area (Å²) in [6.45, 7) is 3.66. The highest BCUT2D eigenvalue weighted by Gasteiger charge is 2.17. The van der Waals surface area contributed by atoms with Crippen molar-refractivity contribution in [2.24, 2.45) is 0 Å². The Hall–Kier alpha value is -3.11. The Morgan fingerprint density at radius 3 is 2.25 bits per heavy atom. The summed E-state index contributed by atoms with van der Waals surface area (Å²) >= 11 is 5.86. The molecule has 0 aromatic heterocycles. The van der Waals surface area contributed by atoms with Gasteiger partial charge in [-0.15, -0.1) is 0 Å². The van der Waals surface area contributed by atoms with Gasteiger partial charge in [-0.1, -0.05) is 35.4 Å². The Kier molecular flexibility index (Phi) is 6.12. The Labute approximate surface area is 169 Å². The Balaban J connectivity index is 1.67. The third-order valence-electron chi connectivity index (χ3n) is 4.22. The number of nitrogens with one attached hydrogen (secondary N) is 1. The van der Waals surface area contributed by atoms with E-state index in [9.17, 15) is 9.59 Å². The lowest BCUT2D eigenvalue weighted by Gasteiger charge is -2.15. The molecule has 0 aliphatic heterocycles. The van der Waals surface area contributed by atoms with Crippen LogP contribution in [0.5, 0.6) is 5.75 Å². The second-order valence-electron chi connectivity index (χ2n) is 6.48. The molecule has 0 saturated heterocycles. The molecular weight excluding hydrogens is 374 g/mol. The van der Waals surface area contributed by atoms with Crippen LogP contribution in [0.1, 0.15) is 33.2 Å². The van der Waals surface area contributed by atoms with Crippen molar-refractivity contribution in [3.8, 4) is 5.75 Å². The molecule has 5 heteroatoms. The molecule has 28 heavy (non-hydrogen) atoms. The lowest BCUT2D eigenvalue weighted by molar-refractivity contribution is 0.0818. The normalized spacial score (nSPS) is 11.5. The van der Waals surface area contributed by atoms with Gasteiger partial charge < -0.3 is 10.1 Å². The third kappa shape index (κ3) is 4.99. The van der Waals surface area contributed by atoms with Crippen molar-refractivity contribution < 1.29 is 14.3 Å². The topological polar surface area (TPSA) is 55.4 Å². The highest BCUT2D eigenvalue weighted by molar-refractivity contribution is 6.30. The van der Waals surface area contributed by atoms with Crippen LogP contribution in [-0.2, 0) is 0 Å². The number of benzene rings is 3. The first kappa shape index (κ1) is 19.6. The van der Waals surface area contributed by atoms with Gasteiger partial charge in [-0.05, 0) is 62.4 Å². The summed E-state index contributed by atoms with van der Waals surface area (Å²) in [5.41, 5.74) is 2.78. The lowest BCUT2D eigenvalue weighted by atomic mass is 10.1. The molecular formula is C23H20ClNO3. The Bertz CT molecular complexity index is 981. The van der Waals surface area contributed by atoms with Crippen molar-refractivity contribution in [2.75, 3.05) is 5.32 Å². The van der Waals surface area contributed by atoms with Crippen LogP contribution < -0.4 is 10.1 Å². The highest BCUT2D eigenvalue weighted by Crippen LogP contribution is 2.21. The first-order valence-corrected chi connectivity index (χ1v) is 9.25. The maximum absolute atomic E-state index is 12.5. The second kappa shape index (κ2) is 8.72. The van der Waals surface area contributed by atoms with Crippen LogP contribution in [0.2, 0.25) is 5.02 Å². The number of Topliss-reactive ketones (excluding diaryl/α,β-unsaturated/α-hetero) is 1. The van der Waals surface area contributed by atoms with Crippen LogP contribution in [0.15, 0.2) is 72.8 Å². The van der Waals surface area contributed by atoms with E-state index in [1.807, 2.05) is 19.1 Å². The zero-order chi connectivity index (χ0) is 20.1. The molecule has 0 spiro atoms. The van der Waals surface area contributed by atoms with E-state index in [-0.39, 0.29) is 11.7 Å². The number of hydrogen-bond acceptors (Lipinski definition) is 3. The predicted molar refractivity (Wildman–Crippen MR) is 111 cm³/mol. The van der Waals surface area contributed by atoms with Gasteiger partial charge in [0.2, 0.25) is 5.78 Å².